The topological polar surface area (TPSA) is 35.5 Å². The van der Waals surface area contributed by atoms with Crippen molar-refractivity contribution in [3.05, 3.63) is 0 Å². The molecule has 3 heteroatoms. The van der Waals surface area contributed by atoms with Crippen molar-refractivity contribution in [1.29, 1.82) is 0 Å². The summed E-state index contributed by atoms with van der Waals surface area (Å²) in [7, 11) is 0. The first-order valence-corrected chi connectivity index (χ1v) is 6.31. The van der Waals surface area contributed by atoms with Crippen molar-refractivity contribution in [2.24, 2.45) is 5.92 Å². The Morgan fingerprint density at radius 3 is 2.69 bits per heavy atom. The molecule has 0 aromatic heterocycles. The summed E-state index contributed by atoms with van der Waals surface area (Å²) in [6.07, 6.45) is 3.37. The molecule has 3 atom stereocenters. The molecule has 0 aromatic carbocycles. The van der Waals surface area contributed by atoms with E-state index in [-0.39, 0.29) is 23.3 Å². The molecule has 0 saturated carbocycles. The Morgan fingerprint density at radius 1 is 1.50 bits per heavy atom. The quantitative estimate of drug-likeness (QED) is 0.694. The van der Waals surface area contributed by atoms with Gasteiger partial charge in [-0.15, -0.1) is 0 Å². The molecule has 0 radical (unpaired) electrons. The average molecular weight is 226 g/mol. The van der Waals surface area contributed by atoms with Gasteiger partial charge in [0.05, 0.1) is 5.60 Å². The van der Waals surface area contributed by atoms with Gasteiger partial charge in [0.25, 0.3) is 0 Å². The maximum atomic E-state index is 11.4. The Kier molecular flexibility index (Phi) is 2.77. The largest absolute Gasteiger partial charge is 0.459 e. The van der Waals surface area contributed by atoms with Crippen LogP contribution in [0.15, 0.2) is 0 Å². The van der Waals surface area contributed by atoms with E-state index < -0.39 is 0 Å². The van der Waals surface area contributed by atoms with Crippen molar-refractivity contribution in [2.75, 3.05) is 0 Å². The Morgan fingerprint density at radius 2 is 2.19 bits per heavy atom. The number of hydrogen-bond donors (Lipinski definition) is 0. The molecular weight excluding hydrogens is 204 g/mol. The number of carbonyl (C=O) groups excluding carboxylic acids is 1. The van der Waals surface area contributed by atoms with E-state index in [9.17, 15) is 4.79 Å². The van der Waals surface area contributed by atoms with Crippen LogP contribution in [0.3, 0.4) is 0 Å². The van der Waals surface area contributed by atoms with Gasteiger partial charge in [-0.25, -0.2) is 0 Å². The van der Waals surface area contributed by atoms with Gasteiger partial charge in [0.1, 0.15) is 11.7 Å². The molecule has 2 saturated heterocycles. The summed E-state index contributed by atoms with van der Waals surface area (Å²) in [6, 6.07) is 0. The van der Waals surface area contributed by atoms with Gasteiger partial charge in [0, 0.05) is 12.8 Å². The Balaban J connectivity index is 2.11. The highest BCUT2D eigenvalue weighted by molar-refractivity contribution is 5.69. The Bertz CT molecular complexity index is 300. The second kappa shape index (κ2) is 3.73. The predicted molar refractivity (Wildman–Crippen MR) is 61.1 cm³/mol. The predicted octanol–water partition coefficient (Wildman–Crippen LogP) is 2.68. The Labute approximate surface area is 97.5 Å². The van der Waals surface area contributed by atoms with Gasteiger partial charge < -0.3 is 9.47 Å². The van der Waals surface area contributed by atoms with E-state index in [2.05, 4.69) is 20.8 Å². The van der Waals surface area contributed by atoms with Crippen molar-refractivity contribution in [1.82, 2.24) is 0 Å². The van der Waals surface area contributed by atoms with Gasteiger partial charge in [-0.05, 0) is 25.7 Å². The van der Waals surface area contributed by atoms with Crippen LogP contribution in [-0.2, 0) is 14.3 Å². The first-order valence-electron chi connectivity index (χ1n) is 6.31. The summed E-state index contributed by atoms with van der Waals surface area (Å²) in [4.78, 5) is 11.4. The Hall–Kier alpha value is -0.570. The summed E-state index contributed by atoms with van der Waals surface area (Å²) < 4.78 is 11.7. The third kappa shape index (κ3) is 1.65. The zero-order valence-electron chi connectivity index (χ0n) is 10.7. The maximum Gasteiger partial charge on any atom is 0.305 e. The fourth-order valence-corrected chi connectivity index (χ4v) is 2.98. The fraction of sp³-hybridized carbons (Fsp3) is 0.923. The average Bonchev–Trinajstić information content (AvgIpc) is 2.70. The van der Waals surface area contributed by atoms with Crippen LogP contribution in [-0.4, -0.2) is 23.3 Å². The van der Waals surface area contributed by atoms with E-state index in [1.807, 2.05) is 6.92 Å². The standard InChI is InChI=1S/C13H22O3/c1-5-11(14)15-10-8-13(9(2)3)7-6-12(10,4)16-13/h9-10H,5-8H2,1-4H3. The first kappa shape index (κ1) is 11.9. The van der Waals surface area contributed by atoms with Crippen molar-refractivity contribution >= 4 is 5.97 Å². The van der Waals surface area contributed by atoms with Crippen molar-refractivity contribution in [3.63, 3.8) is 0 Å². The second-order valence-electron chi connectivity index (χ2n) is 5.67. The summed E-state index contributed by atoms with van der Waals surface area (Å²) in [6.45, 7) is 8.29. The molecule has 0 N–H and O–H groups in total. The van der Waals surface area contributed by atoms with Gasteiger partial charge in [-0.1, -0.05) is 20.8 Å². The van der Waals surface area contributed by atoms with Crippen molar-refractivity contribution in [2.45, 2.75) is 70.7 Å². The molecule has 2 aliphatic heterocycles. The molecule has 0 spiro atoms. The highest BCUT2D eigenvalue weighted by Crippen LogP contribution is 2.54. The number of esters is 1. The van der Waals surface area contributed by atoms with Gasteiger partial charge in [-0.3, -0.25) is 4.79 Å². The third-order valence-corrected chi connectivity index (χ3v) is 4.31. The molecule has 16 heavy (non-hydrogen) atoms. The lowest BCUT2D eigenvalue weighted by atomic mass is 9.75. The van der Waals surface area contributed by atoms with Crippen LogP contribution >= 0.6 is 0 Å². The monoisotopic (exact) mass is 226 g/mol. The van der Waals surface area contributed by atoms with Gasteiger partial charge in [0.15, 0.2) is 0 Å². The minimum Gasteiger partial charge on any atom is -0.459 e. The minimum absolute atomic E-state index is 0.0453. The minimum atomic E-state index is -0.241. The van der Waals surface area contributed by atoms with Crippen LogP contribution in [0.25, 0.3) is 0 Å². The molecule has 2 rings (SSSR count). The summed E-state index contributed by atoms with van der Waals surface area (Å²) in [5.41, 5.74) is -0.289. The lowest BCUT2D eigenvalue weighted by Gasteiger charge is -2.31. The molecule has 92 valence electrons. The van der Waals surface area contributed by atoms with E-state index >= 15 is 0 Å². The molecule has 0 aromatic rings. The normalized spacial score (nSPS) is 41.7. The van der Waals surface area contributed by atoms with E-state index in [0.717, 1.165) is 19.3 Å². The molecule has 0 aliphatic carbocycles. The summed E-state index contributed by atoms with van der Waals surface area (Å²) >= 11 is 0. The molecule has 3 nitrogen and oxygen atoms in total. The van der Waals surface area contributed by atoms with Crippen LogP contribution in [0.2, 0.25) is 0 Å². The third-order valence-electron chi connectivity index (χ3n) is 4.31. The van der Waals surface area contributed by atoms with Crippen LogP contribution in [0.5, 0.6) is 0 Å². The zero-order chi connectivity index (χ0) is 12.0. The van der Waals surface area contributed by atoms with E-state index in [0.29, 0.717) is 12.3 Å². The molecule has 0 amide bonds. The molecule has 2 heterocycles. The smallest absolute Gasteiger partial charge is 0.305 e. The molecule has 2 aliphatic rings. The van der Waals surface area contributed by atoms with Gasteiger partial charge in [-0.2, -0.15) is 0 Å². The highest BCUT2D eigenvalue weighted by atomic mass is 16.6. The summed E-state index contributed by atoms with van der Waals surface area (Å²) in [5, 5.41) is 0. The number of fused-ring (bicyclic) bond motifs is 2. The molecule has 2 bridgehead atoms. The highest BCUT2D eigenvalue weighted by Gasteiger charge is 2.61. The number of carbonyl (C=O) groups is 1. The number of rotatable bonds is 3. The van der Waals surface area contributed by atoms with E-state index in [4.69, 9.17) is 9.47 Å². The number of hydrogen-bond acceptors (Lipinski definition) is 3. The first-order chi connectivity index (χ1) is 7.42. The van der Waals surface area contributed by atoms with E-state index in [1.165, 1.54) is 0 Å². The van der Waals surface area contributed by atoms with Crippen LogP contribution in [0.1, 0.15) is 53.4 Å². The fourth-order valence-electron chi connectivity index (χ4n) is 2.98. The maximum absolute atomic E-state index is 11.4. The van der Waals surface area contributed by atoms with Crippen LogP contribution in [0.4, 0.5) is 0 Å². The van der Waals surface area contributed by atoms with Gasteiger partial charge in [0.2, 0.25) is 0 Å². The van der Waals surface area contributed by atoms with Gasteiger partial charge >= 0.3 is 5.97 Å². The van der Waals surface area contributed by atoms with Crippen LogP contribution < -0.4 is 0 Å². The SMILES string of the molecule is CCC(=O)OC1CC2(C(C)C)CCC1(C)O2. The van der Waals surface area contributed by atoms with Crippen LogP contribution in [0, 0.1) is 5.92 Å². The molecule has 3 unspecified atom stereocenters. The lowest BCUT2D eigenvalue weighted by Crippen LogP contribution is -2.39. The zero-order valence-corrected chi connectivity index (χ0v) is 10.7. The molecule has 2 fully saturated rings. The number of ether oxygens (including phenoxy) is 2. The molecular formula is C13H22O3. The lowest BCUT2D eigenvalue weighted by molar-refractivity contribution is -0.157. The van der Waals surface area contributed by atoms with Crippen molar-refractivity contribution < 1.29 is 14.3 Å². The summed E-state index contributed by atoms with van der Waals surface area (Å²) in [5.74, 6) is 0.376. The van der Waals surface area contributed by atoms with E-state index in [1.54, 1.807) is 0 Å². The van der Waals surface area contributed by atoms with Crippen molar-refractivity contribution in [3.8, 4) is 0 Å². The second-order valence-corrected chi connectivity index (χ2v) is 5.67.